The summed E-state index contributed by atoms with van der Waals surface area (Å²) < 4.78 is 13.8. The molecule has 2 aromatic carbocycles. The van der Waals surface area contributed by atoms with Crippen LogP contribution in [-0.4, -0.2) is 28.1 Å². The molecule has 0 aliphatic carbocycles. The van der Waals surface area contributed by atoms with Gasteiger partial charge in [-0.3, -0.25) is 0 Å². The summed E-state index contributed by atoms with van der Waals surface area (Å²) in [7, 11) is 0. The van der Waals surface area contributed by atoms with Crippen molar-refractivity contribution in [2.24, 2.45) is 0 Å². The van der Waals surface area contributed by atoms with Crippen molar-refractivity contribution in [3.8, 4) is 0 Å². The number of benzene rings is 2. The summed E-state index contributed by atoms with van der Waals surface area (Å²) in [4.78, 5) is 6.86. The van der Waals surface area contributed by atoms with E-state index in [1.165, 1.54) is 16.5 Å². The molecule has 0 spiro atoms. The molecule has 4 rings (SSSR count). The lowest BCUT2D eigenvalue weighted by Crippen LogP contribution is -2.41. The zero-order valence-corrected chi connectivity index (χ0v) is 19.2. The molecule has 0 aliphatic rings. The summed E-state index contributed by atoms with van der Waals surface area (Å²) in [6.45, 7) is 4.37. The molecule has 2 aromatic heterocycles. The minimum atomic E-state index is -0.207. The molecule has 0 saturated carbocycles. The first-order valence-electron chi connectivity index (χ1n) is 10.5. The topological polar surface area (TPSA) is 31.1 Å². The van der Waals surface area contributed by atoms with Gasteiger partial charge in [0, 0.05) is 34.6 Å². The predicted molar refractivity (Wildman–Crippen MR) is 132 cm³/mol. The number of rotatable bonds is 8. The smallest absolute Gasteiger partial charge is 0.169 e. The minimum Gasteiger partial charge on any atom is -0.362 e. The van der Waals surface area contributed by atoms with Crippen molar-refractivity contribution < 1.29 is 4.39 Å². The Labute approximate surface area is 191 Å². The van der Waals surface area contributed by atoms with Gasteiger partial charge in [-0.05, 0) is 72.8 Å². The van der Waals surface area contributed by atoms with Gasteiger partial charge in [0.25, 0.3) is 0 Å². The molecule has 0 bridgehead atoms. The summed E-state index contributed by atoms with van der Waals surface area (Å²) in [5, 5.41) is 7.23. The molecule has 0 amide bonds. The van der Waals surface area contributed by atoms with Gasteiger partial charge >= 0.3 is 0 Å². The summed E-state index contributed by atoms with van der Waals surface area (Å²) >= 11 is 7.50. The molecule has 0 atom stereocenters. The molecule has 0 saturated heterocycles. The molecule has 2 heterocycles. The van der Waals surface area contributed by atoms with E-state index in [2.05, 4.69) is 57.0 Å². The molecule has 160 valence electrons. The van der Waals surface area contributed by atoms with Crippen LogP contribution < -0.4 is 5.32 Å². The molecular weight excluding hydrogens is 425 g/mol. The Hall–Kier alpha value is -2.70. The molecule has 31 heavy (non-hydrogen) atoms. The molecule has 0 radical (unpaired) electrons. The van der Waals surface area contributed by atoms with Crippen LogP contribution in [0.1, 0.15) is 21.7 Å². The van der Waals surface area contributed by atoms with Gasteiger partial charge in [-0.25, -0.2) is 4.39 Å². The van der Waals surface area contributed by atoms with Gasteiger partial charge in [-0.2, -0.15) is 0 Å². The quantitative estimate of drug-likeness (QED) is 0.330. The fourth-order valence-electron chi connectivity index (χ4n) is 3.84. The molecule has 0 unspecified atom stereocenters. The highest BCUT2D eigenvalue weighted by Gasteiger charge is 2.15. The van der Waals surface area contributed by atoms with E-state index in [0.29, 0.717) is 0 Å². The average molecular weight is 452 g/mol. The van der Waals surface area contributed by atoms with Crippen molar-refractivity contribution in [3.63, 3.8) is 0 Å². The van der Waals surface area contributed by atoms with Gasteiger partial charge in [-0.15, -0.1) is 11.3 Å². The largest absolute Gasteiger partial charge is 0.362 e. The number of aryl methyl sites for hydroxylation is 1. The number of hydrogen-bond donors (Lipinski definition) is 2. The van der Waals surface area contributed by atoms with E-state index in [1.807, 2.05) is 13.0 Å². The van der Waals surface area contributed by atoms with E-state index in [9.17, 15) is 4.39 Å². The summed E-state index contributed by atoms with van der Waals surface area (Å²) in [6.07, 6.45) is 1.72. The van der Waals surface area contributed by atoms with E-state index >= 15 is 0 Å². The van der Waals surface area contributed by atoms with Crippen LogP contribution in [0.3, 0.4) is 0 Å². The lowest BCUT2D eigenvalue weighted by molar-refractivity contribution is 0.413. The van der Waals surface area contributed by atoms with Crippen LogP contribution in [0, 0.1) is 12.7 Å². The minimum absolute atomic E-state index is 0.207. The molecular formula is C25H26FN3S2. The van der Waals surface area contributed by atoms with E-state index < -0.39 is 0 Å². The monoisotopic (exact) mass is 451 g/mol. The number of thiocarbonyl (C=S) groups is 1. The predicted octanol–water partition coefficient (Wildman–Crippen LogP) is 5.84. The van der Waals surface area contributed by atoms with Crippen molar-refractivity contribution in [3.05, 3.63) is 93.6 Å². The maximum atomic E-state index is 13.8. The highest BCUT2D eigenvalue weighted by molar-refractivity contribution is 7.80. The Morgan fingerprint density at radius 1 is 1.10 bits per heavy atom. The number of halogens is 1. The summed E-state index contributed by atoms with van der Waals surface area (Å²) in [6, 6.07) is 19.5. The highest BCUT2D eigenvalue weighted by atomic mass is 32.1. The maximum absolute atomic E-state index is 13.8. The standard InChI is InChI=1S/C25H26FN3S2/c1-18-22(23-16-20(26)9-10-24(23)28-18)12-14-29(17-21-8-5-15-31-21)25(30)27-13-11-19-6-3-2-4-7-19/h2-10,15-16,28H,11-14,17H2,1H3,(H,27,30). The molecule has 3 nitrogen and oxygen atoms in total. The second kappa shape index (κ2) is 10.1. The highest BCUT2D eigenvalue weighted by Crippen LogP contribution is 2.24. The van der Waals surface area contributed by atoms with Gasteiger partial charge in [0.15, 0.2) is 5.11 Å². The Kier molecular flexibility index (Phi) is 6.99. The Morgan fingerprint density at radius 3 is 2.71 bits per heavy atom. The molecule has 4 aromatic rings. The van der Waals surface area contributed by atoms with E-state index in [-0.39, 0.29) is 5.82 Å². The van der Waals surface area contributed by atoms with E-state index in [1.54, 1.807) is 23.5 Å². The van der Waals surface area contributed by atoms with Gasteiger partial charge in [0.2, 0.25) is 0 Å². The van der Waals surface area contributed by atoms with Crippen molar-refractivity contribution in [1.82, 2.24) is 15.2 Å². The molecule has 0 aliphatic heterocycles. The molecule has 2 N–H and O–H groups in total. The van der Waals surface area contributed by atoms with Crippen LogP contribution in [-0.2, 0) is 19.4 Å². The van der Waals surface area contributed by atoms with Crippen molar-refractivity contribution in [1.29, 1.82) is 0 Å². The van der Waals surface area contributed by atoms with Gasteiger partial charge in [0.1, 0.15) is 5.82 Å². The van der Waals surface area contributed by atoms with Crippen LogP contribution in [0.25, 0.3) is 10.9 Å². The Balaban J connectivity index is 1.44. The number of fused-ring (bicyclic) bond motifs is 1. The first kappa shape index (κ1) is 21.5. The fraction of sp³-hybridized carbons (Fsp3) is 0.240. The lowest BCUT2D eigenvalue weighted by atomic mass is 10.1. The van der Waals surface area contributed by atoms with Crippen molar-refractivity contribution in [2.45, 2.75) is 26.3 Å². The molecule has 0 fully saturated rings. The van der Waals surface area contributed by atoms with Gasteiger partial charge in [0.05, 0.1) is 6.54 Å². The van der Waals surface area contributed by atoms with E-state index in [4.69, 9.17) is 12.2 Å². The van der Waals surface area contributed by atoms with Crippen LogP contribution in [0.4, 0.5) is 4.39 Å². The summed E-state index contributed by atoms with van der Waals surface area (Å²) in [5.74, 6) is -0.207. The number of nitrogens with zero attached hydrogens (tertiary/aromatic N) is 1. The Morgan fingerprint density at radius 2 is 1.94 bits per heavy atom. The van der Waals surface area contributed by atoms with Crippen LogP contribution >= 0.6 is 23.6 Å². The number of aromatic amines is 1. The number of aromatic nitrogens is 1. The number of hydrogen-bond acceptors (Lipinski definition) is 2. The van der Waals surface area contributed by atoms with Crippen molar-refractivity contribution >= 4 is 39.6 Å². The average Bonchev–Trinajstić information content (AvgIpc) is 3.39. The first-order valence-corrected chi connectivity index (χ1v) is 11.7. The van der Waals surface area contributed by atoms with Crippen LogP contribution in [0.5, 0.6) is 0 Å². The fourth-order valence-corrected chi connectivity index (χ4v) is 4.81. The van der Waals surface area contributed by atoms with Crippen molar-refractivity contribution in [2.75, 3.05) is 13.1 Å². The second-order valence-corrected chi connectivity index (χ2v) is 9.06. The van der Waals surface area contributed by atoms with Gasteiger partial charge in [-0.1, -0.05) is 36.4 Å². The zero-order valence-electron chi connectivity index (χ0n) is 17.5. The molecule has 6 heteroatoms. The first-order chi connectivity index (χ1) is 15.1. The maximum Gasteiger partial charge on any atom is 0.169 e. The SMILES string of the molecule is Cc1[nH]c2ccc(F)cc2c1CCN(Cc1cccs1)C(=S)NCCc1ccccc1. The third kappa shape index (κ3) is 5.51. The van der Waals surface area contributed by atoms with Crippen LogP contribution in [0.2, 0.25) is 0 Å². The normalized spacial score (nSPS) is 11.0. The second-order valence-electron chi connectivity index (χ2n) is 7.64. The Bertz CT molecular complexity index is 1140. The number of nitrogens with one attached hydrogen (secondary N) is 2. The lowest BCUT2D eigenvalue weighted by Gasteiger charge is -2.25. The summed E-state index contributed by atoms with van der Waals surface area (Å²) in [5.41, 5.74) is 4.50. The van der Waals surface area contributed by atoms with E-state index in [0.717, 1.165) is 59.7 Å². The van der Waals surface area contributed by atoms with Crippen LogP contribution in [0.15, 0.2) is 66.0 Å². The third-order valence-corrected chi connectivity index (χ3v) is 6.72. The zero-order chi connectivity index (χ0) is 21.6. The van der Waals surface area contributed by atoms with Gasteiger partial charge < -0.3 is 15.2 Å². The number of thiophene rings is 1. The number of H-pyrrole nitrogens is 1. The third-order valence-electron chi connectivity index (χ3n) is 5.46.